The average Bonchev–Trinajstić information content (AvgIpc) is 3.31. The number of hydrogen-bond donors (Lipinski definition) is 3. The highest BCUT2D eigenvalue weighted by Crippen LogP contribution is 2.17. The van der Waals surface area contributed by atoms with Crippen LogP contribution in [0.4, 0.5) is 0 Å². The number of unbranched alkanes of at least 4 members (excludes halogenated alkanes) is 41. The van der Waals surface area contributed by atoms with Gasteiger partial charge in [-0.2, -0.15) is 0 Å². The topological polar surface area (TPSA) is 69.6 Å². The summed E-state index contributed by atoms with van der Waals surface area (Å²) in [7, 11) is 0. The Hall–Kier alpha value is -1.65. The normalized spacial score (nSPS) is 13.1. The van der Waals surface area contributed by atoms with Crippen molar-refractivity contribution < 1.29 is 15.0 Å². The fraction of sp³-hybridized carbons (Fsp3) is 0.852. The molecule has 65 heavy (non-hydrogen) atoms. The largest absolute Gasteiger partial charge is 0.394 e. The average molecular weight is 911 g/mol. The van der Waals surface area contributed by atoms with Crippen molar-refractivity contribution in [2.75, 3.05) is 6.61 Å². The second kappa shape index (κ2) is 56.7. The maximum atomic E-state index is 12.5. The highest BCUT2D eigenvalue weighted by Gasteiger charge is 2.18. The van der Waals surface area contributed by atoms with Crippen LogP contribution in [0.2, 0.25) is 0 Å². The van der Waals surface area contributed by atoms with Gasteiger partial charge in [-0.15, -0.1) is 0 Å². The molecule has 0 radical (unpaired) electrons. The number of aliphatic hydroxyl groups excluding tert-OH is 2. The summed E-state index contributed by atoms with van der Waals surface area (Å²) < 4.78 is 0. The molecule has 0 saturated carbocycles. The van der Waals surface area contributed by atoms with Gasteiger partial charge < -0.3 is 15.5 Å². The van der Waals surface area contributed by atoms with E-state index in [1.165, 1.54) is 257 Å². The molecular formula is C61H115NO3. The molecule has 0 aliphatic heterocycles. The summed E-state index contributed by atoms with van der Waals surface area (Å²) in [6, 6.07) is -0.639. The Morgan fingerprint density at radius 3 is 0.985 bits per heavy atom. The summed E-state index contributed by atoms with van der Waals surface area (Å²) in [5, 5.41) is 23.2. The molecule has 2 atom stereocenters. The van der Waals surface area contributed by atoms with E-state index in [1.54, 1.807) is 6.08 Å². The number of rotatable bonds is 54. The van der Waals surface area contributed by atoms with Crippen molar-refractivity contribution in [2.45, 2.75) is 328 Å². The molecule has 0 heterocycles. The third-order valence-electron chi connectivity index (χ3n) is 13.5. The van der Waals surface area contributed by atoms with Gasteiger partial charge in [0.25, 0.3) is 0 Å². The summed E-state index contributed by atoms with van der Waals surface area (Å²) in [6.45, 7) is 4.32. The molecule has 0 aromatic rings. The summed E-state index contributed by atoms with van der Waals surface area (Å²) in [5.41, 5.74) is 0. The number of aliphatic hydroxyl groups is 2. The number of carbonyl (C=O) groups excluding carboxylic acids is 1. The Balaban J connectivity index is 3.49. The van der Waals surface area contributed by atoms with Crippen molar-refractivity contribution >= 4 is 5.91 Å². The first-order chi connectivity index (χ1) is 32.2. The Labute approximate surface area is 407 Å². The Kier molecular flexibility index (Phi) is 55.2. The van der Waals surface area contributed by atoms with E-state index >= 15 is 0 Å². The van der Waals surface area contributed by atoms with Crippen LogP contribution < -0.4 is 5.32 Å². The van der Waals surface area contributed by atoms with E-state index in [1.807, 2.05) is 6.08 Å². The summed E-state index contributed by atoms with van der Waals surface area (Å²) in [5.74, 6) is -0.0691. The van der Waals surface area contributed by atoms with Crippen molar-refractivity contribution in [3.63, 3.8) is 0 Å². The molecular weight excluding hydrogens is 795 g/mol. The first-order valence-corrected chi connectivity index (χ1v) is 29.4. The lowest BCUT2D eigenvalue weighted by Crippen LogP contribution is -2.45. The molecule has 0 aromatic heterocycles. The predicted octanol–water partition coefficient (Wildman–Crippen LogP) is 19.4. The standard InChI is InChI=1S/C61H115NO3/c1-3-5-7-9-11-13-15-17-19-21-23-25-27-28-29-30-31-32-33-34-35-37-39-41-43-45-47-49-51-53-55-57-61(65)62-59(58-63)60(64)56-54-52-50-48-46-44-42-40-38-36-26-24-22-20-18-16-14-12-10-8-6-4-2/h15,17,21,23,46,48,54,56,59-60,63-64H,3-14,16,18-20,22,24-45,47,49-53,55,57-58H2,1-2H3,(H,62,65)/b17-15-,23-21-,48-46+,56-54+. The van der Waals surface area contributed by atoms with Gasteiger partial charge in [-0.1, -0.05) is 294 Å². The monoisotopic (exact) mass is 910 g/mol. The van der Waals surface area contributed by atoms with E-state index in [0.29, 0.717) is 6.42 Å². The summed E-state index contributed by atoms with van der Waals surface area (Å²) in [4.78, 5) is 12.5. The Morgan fingerprint density at radius 1 is 0.369 bits per heavy atom. The molecule has 0 aliphatic carbocycles. The van der Waals surface area contributed by atoms with Crippen LogP contribution in [0.25, 0.3) is 0 Å². The molecule has 0 spiro atoms. The third-order valence-corrected chi connectivity index (χ3v) is 13.5. The molecule has 4 nitrogen and oxygen atoms in total. The molecule has 0 saturated heterocycles. The maximum absolute atomic E-state index is 12.5. The molecule has 1 amide bonds. The third kappa shape index (κ3) is 53.2. The number of carbonyl (C=O) groups is 1. The zero-order valence-electron chi connectivity index (χ0n) is 44.0. The van der Waals surface area contributed by atoms with E-state index in [0.717, 1.165) is 38.5 Å². The molecule has 0 rings (SSSR count). The summed E-state index contributed by atoms with van der Waals surface area (Å²) >= 11 is 0. The minimum atomic E-state index is -0.862. The van der Waals surface area contributed by atoms with Gasteiger partial charge in [0.2, 0.25) is 5.91 Å². The SMILES string of the molecule is CCCCCCC/C=C\C/C=C\CCCCCCCCCCCCCCCCCCCCCC(=O)NC(CO)C(O)/C=C/CC/C=C/CCCCCCCCCCCCCCCCCC. The molecule has 0 aliphatic rings. The highest BCUT2D eigenvalue weighted by molar-refractivity contribution is 5.76. The van der Waals surface area contributed by atoms with Crippen LogP contribution in [0, 0.1) is 0 Å². The number of allylic oxidation sites excluding steroid dienone is 7. The molecule has 3 N–H and O–H groups in total. The van der Waals surface area contributed by atoms with Gasteiger partial charge in [0.05, 0.1) is 18.8 Å². The molecule has 0 fully saturated rings. The number of hydrogen-bond acceptors (Lipinski definition) is 3. The van der Waals surface area contributed by atoms with Crippen molar-refractivity contribution in [1.82, 2.24) is 5.32 Å². The smallest absolute Gasteiger partial charge is 0.220 e. The second-order valence-electron chi connectivity index (χ2n) is 20.1. The first kappa shape index (κ1) is 63.4. The van der Waals surface area contributed by atoms with Crippen LogP contribution in [-0.4, -0.2) is 34.9 Å². The van der Waals surface area contributed by atoms with Crippen LogP contribution >= 0.6 is 0 Å². The molecule has 4 heteroatoms. The van der Waals surface area contributed by atoms with Crippen molar-refractivity contribution in [2.24, 2.45) is 0 Å². The highest BCUT2D eigenvalue weighted by atomic mass is 16.3. The molecule has 0 bridgehead atoms. The maximum Gasteiger partial charge on any atom is 0.220 e. The van der Waals surface area contributed by atoms with Gasteiger partial charge in [-0.05, 0) is 64.2 Å². The number of amides is 1. The van der Waals surface area contributed by atoms with E-state index in [9.17, 15) is 15.0 Å². The van der Waals surface area contributed by atoms with Crippen molar-refractivity contribution in [1.29, 1.82) is 0 Å². The van der Waals surface area contributed by atoms with Gasteiger partial charge in [0, 0.05) is 6.42 Å². The van der Waals surface area contributed by atoms with Crippen LogP contribution in [0.15, 0.2) is 48.6 Å². The Morgan fingerprint density at radius 2 is 0.646 bits per heavy atom. The van der Waals surface area contributed by atoms with Gasteiger partial charge in [0.15, 0.2) is 0 Å². The fourth-order valence-corrected chi connectivity index (χ4v) is 9.05. The minimum absolute atomic E-state index is 0.0691. The fourth-order valence-electron chi connectivity index (χ4n) is 9.05. The van der Waals surface area contributed by atoms with E-state index in [2.05, 4.69) is 55.6 Å². The second-order valence-corrected chi connectivity index (χ2v) is 20.1. The predicted molar refractivity (Wildman–Crippen MR) is 290 cm³/mol. The first-order valence-electron chi connectivity index (χ1n) is 29.4. The van der Waals surface area contributed by atoms with E-state index < -0.39 is 12.1 Å². The summed E-state index contributed by atoms with van der Waals surface area (Å²) in [6.07, 6.45) is 78.6. The Bertz CT molecular complexity index is 1030. The molecule has 2 unspecified atom stereocenters. The zero-order chi connectivity index (χ0) is 47.0. The quantitative estimate of drug-likeness (QED) is 0.0421. The van der Waals surface area contributed by atoms with Crippen molar-refractivity contribution in [3.05, 3.63) is 48.6 Å². The zero-order valence-corrected chi connectivity index (χ0v) is 44.0. The van der Waals surface area contributed by atoms with Crippen LogP contribution in [0.3, 0.4) is 0 Å². The van der Waals surface area contributed by atoms with E-state index in [4.69, 9.17) is 0 Å². The lowest BCUT2D eigenvalue weighted by atomic mass is 10.0. The lowest BCUT2D eigenvalue weighted by Gasteiger charge is -2.19. The minimum Gasteiger partial charge on any atom is -0.394 e. The van der Waals surface area contributed by atoms with E-state index in [-0.39, 0.29) is 12.5 Å². The van der Waals surface area contributed by atoms with Gasteiger partial charge in [0.1, 0.15) is 0 Å². The van der Waals surface area contributed by atoms with Crippen LogP contribution in [-0.2, 0) is 4.79 Å². The van der Waals surface area contributed by atoms with Crippen molar-refractivity contribution in [3.8, 4) is 0 Å². The van der Waals surface area contributed by atoms with Crippen LogP contribution in [0.1, 0.15) is 316 Å². The van der Waals surface area contributed by atoms with Gasteiger partial charge in [-0.25, -0.2) is 0 Å². The van der Waals surface area contributed by atoms with Gasteiger partial charge >= 0.3 is 0 Å². The van der Waals surface area contributed by atoms with Crippen LogP contribution in [0.5, 0.6) is 0 Å². The lowest BCUT2D eigenvalue weighted by molar-refractivity contribution is -0.123. The van der Waals surface area contributed by atoms with Gasteiger partial charge in [-0.3, -0.25) is 4.79 Å². The molecule has 0 aromatic carbocycles. The molecule has 382 valence electrons. The number of nitrogens with one attached hydrogen (secondary N) is 1.